The molecule has 2 aromatic rings. The molecule has 0 unspecified atom stereocenters. The van der Waals surface area contributed by atoms with Gasteiger partial charge in [0, 0.05) is 18.0 Å². The van der Waals surface area contributed by atoms with Gasteiger partial charge in [0.05, 0.1) is 11.1 Å². The number of halogens is 3. The number of aromatic carboxylic acids is 1. The van der Waals surface area contributed by atoms with Gasteiger partial charge in [-0.15, -0.1) is 0 Å². The van der Waals surface area contributed by atoms with Crippen molar-refractivity contribution in [3.8, 4) is 5.69 Å². The van der Waals surface area contributed by atoms with Crippen LogP contribution in [0.4, 0.5) is 13.2 Å². The molecule has 1 N–H and O–H groups in total. The van der Waals surface area contributed by atoms with Crippen molar-refractivity contribution < 1.29 is 23.1 Å². The van der Waals surface area contributed by atoms with Crippen LogP contribution < -0.4 is 5.56 Å². The summed E-state index contributed by atoms with van der Waals surface area (Å²) in [6, 6.07) is 6.04. The maximum absolute atomic E-state index is 12.4. The van der Waals surface area contributed by atoms with Crippen LogP contribution >= 0.6 is 0 Å². The first-order valence-electron chi connectivity index (χ1n) is 5.42. The molecule has 104 valence electrons. The molecule has 4 nitrogen and oxygen atoms in total. The van der Waals surface area contributed by atoms with E-state index in [4.69, 9.17) is 5.11 Å². The van der Waals surface area contributed by atoms with Gasteiger partial charge < -0.3 is 5.11 Å². The highest BCUT2D eigenvalue weighted by atomic mass is 19.4. The van der Waals surface area contributed by atoms with Crippen LogP contribution in [0, 0.1) is 0 Å². The van der Waals surface area contributed by atoms with Gasteiger partial charge in [0.15, 0.2) is 0 Å². The zero-order chi connectivity index (χ0) is 14.9. The van der Waals surface area contributed by atoms with Gasteiger partial charge in [0.1, 0.15) is 0 Å². The number of hydrogen-bond acceptors (Lipinski definition) is 2. The van der Waals surface area contributed by atoms with Crippen molar-refractivity contribution >= 4 is 5.97 Å². The van der Waals surface area contributed by atoms with Gasteiger partial charge in [-0.1, -0.05) is 0 Å². The first-order chi connectivity index (χ1) is 9.29. The fourth-order valence-corrected chi connectivity index (χ4v) is 1.63. The zero-order valence-corrected chi connectivity index (χ0v) is 9.89. The number of carbonyl (C=O) groups is 1. The van der Waals surface area contributed by atoms with E-state index in [1.165, 1.54) is 0 Å². The second-order valence-corrected chi connectivity index (χ2v) is 3.98. The lowest BCUT2D eigenvalue weighted by Gasteiger charge is -2.09. The number of hydrogen-bond donors (Lipinski definition) is 1. The molecule has 1 aromatic heterocycles. The smallest absolute Gasteiger partial charge is 0.416 e. The summed E-state index contributed by atoms with van der Waals surface area (Å²) in [4.78, 5) is 22.4. The Morgan fingerprint density at radius 3 is 2.15 bits per heavy atom. The van der Waals surface area contributed by atoms with E-state index in [1.54, 1.807) is 0 Å². The van der Waals surface area contributed by atoms with E-state index in [0.717, 1.165) is 47.2 Å². The number of alkyl halides is 3. The van der Waals surface area contributed by atoms with Crippen molar-refractivity contribution in [1.29, 1.82) is 0 Å². The van der Waals surface area contributed by atoms with Gasteiger partial charge in [-0.05, 0) is 30.3 Å². The van der Waals surface area contributed by atoms with Crippen molar-refractivity contribution in [3.63, 3.8) is 0 Å². The highest BCUT2D eigenvalue weighted by Crippen LogP contribution is 2.29. The van der Waals surface area contributed by atoms with Gasteiger partial charge >= 0.3 is 12.1 Å². The standard InChI is InChI=1S/C13H8F3NO3/c14-13(15,16)9-2-4-10(5-3-9)17-7-8(12(19)20)1-6-11(17)18/h1-7H,(H,19,20). The van der Waals surface area contributed by atoms with Crippen LogP contribution in [0.5, 0.6) is 0 Å². The minimum atomic E-state index is -4.47. The highest BCUT2D eigenvalue weighted by Gasteiger charge is 2.30. The average molecular weight is 283 g/mol. The Morgan fingerprint density at radius 2 is 1.65 bits per heavy atom. The van der Waals surface area contributed by atoms with Crippen molar-refractivity contribution in [2.75, 3.05) is 0 Å². The van der Waals surface area contributed by atoms with Crippen LogP contribution in [-0.4, -0.2) is 15.6 Å². The first kappa shape index (κ1) is 13.9. The minimum absolute atomic E-state index is 0.135. The Bertz CT molecular complexity index is 702. The molecule has 0 atom stereocenters. The van der Waals surface area contributed by atoms with Crippen molar-refractivity contribution in [2.45, 2.75) is 6.18 Å². The molecule has 0 aliphatic heterocycles. The predicted molar refractivity (Wildman–Crippen MR) is 64.0 cm³/mol. The predicted octanol–water partition coefficient (Wildman–Crippen LogP) is 2.55. The lowest BCUT2D eigenvalue weighted by molar-refractivity contribution is -0.137. The molecular weight excluding hydrogens is 275 g/mol. The van der Waals surface area contributed by atoms with E-state index in [-0.39, 0.29) is 11.3 Å². The summed E-state index contributed by atoms with van der Waals surface area (Å²) >= 11 is 0. The SMILES string of the molecule is O=C(O)c1ccc(=O)n(-c2ccc(C(F)(F)F)cc2)c1. The number of pyridine rings is 1. The third kappa shape index (κ3) is 2.71. The number of carboxylic acids is 1. The molecule has 0 amide bonds. The molecular formula is C13H8F3NO3. The maximum atomic E-state index is 12.4. The third-order valence-corrected chi connectivity index (χ3v) is 2.63. The summed E-state index contributed by atoms with van der Waals surface area (Å²) in [5.74, 6) is -1.23. The zero-order valence-electron chi connectivity index (χ0n) is 9.89. The van der Waals surface area contributed by atoms with Crippen molar-refractivity contribution in [3.05, 3.63) is 64.1 Å². The summed E-state index contributed by atoms with van der Waals surface area (Å²) in [5, 5.41) is 8.83. The van der Waals surface area contributed by atoms with Crippen LogP contribution in [0.1, 0.15) is 15.9 Å². The Morgan fingerprint density at radius 1 is 1.05 bits per heavy atom. The third-order valence-electron chi connectivity index (χ3n) is 2.63. The number of benzene rings is 1. The Hall–Kier alpha value is -2.57. The monoisotopic (exact) mass is 283 g/mol. The molecule has 2 rings (SSSR count). The number of carboxylic acid groups (broad SMARTS) is 1. The summed E-state index contributed by atoms with van der Waals surface area (Å²) in [6.07, 6.45) is -3.40. The Labute approximate surface area is 110 Å². The summed E-state index contributed by atoms with van der Waals surface area (Å²) in [7, 11) is 0. The minimum Gasteiger partial charge on any atom is -0.478 e. The molecule has 20 heavy (non-hydrogen) atoms. The Kier molecular flexibility index (Phi) is 3.35. The largest absolute Gasteiger partial charge is 0.478 e. The van der Waals surface area contributed by atoms with E-state index in [9.17, 15) is 22.8 Å². The molecule has 0 saturated heterocycles. The van der Waals surface area contributed by atoms with E-state index in [1.807, 2.05) is 0 Å². The van der Waals surface area contributed by atoms with E-state index in [0.29, 0.717) is 0 Å². The lowest BCUT2D eigenvalue weighted by Crippen LogP contribution is -2.18. The molecule has 0 spiro atoms. The number of aromatic nitrogens is 1. The molecule has 1 aromatic carbocycles. The highest BCUT2D eigenvalue weighted by molar-refractivity contribution is 5.87. The quantitative estimate of drug-likeness (QED) is 0.921. The molecule has 0 radical (unpaired) electrons. The van der Waals surface area contributed by atoms with Crippen LogP contribution in [0.25, 0.3) is 5.69 Å². The molecule has 0 bridgehead atoms. The molecule has 0 aliphatic carbocycles. The molecule has 0 aliphatic rings. The fraction of sp³-hybridized carbons (Fsp3) is 0.0769. The summed E-state index contributed by atoms with van der Waals surface area (Å²) in [6.45, 7) is 0. The normalized spacial score (nSPS) is 11.3. The van der Waals surface area contributed by atoms with Gasteiger partial charge in [0.25, 0.3) is 5.56 Å². The van der Waals surface area contributed by atoms with E-state index in [2.05, 4.69) is 0 Å². The first-order valence-corrected chi connectivity index (χ1v) is 5.42. The van der Waals surface area contributed by atoms with E-state index >= 15 is 0 Å². The van der Waals surface area contributed by atoms with Crippen LogP contribution in [0.3, 0.4) is 0 Å². The van der Waals surface area contributed by atoms with Crippen molar-refractivity contribution in [1.82, 2.24) is 4.57 Å². The maximum Gasteiger partial charge on any atom is 0.416 e. The average Bonchev–Trinajstić information content (AvgIpc) is 2.38. The van der Waals surface area contributed by atoms with Crippen LogP contribution in [0.2, 0.25) is 0 Å². The van der Waals surface area contributed by atoms with Gasteiger partial charge in [-0.2, -0.15) is 13.2 Å². The molecule has 0 fully saturated rings. The summed E-state index contributed by atoms with van der Waals surface area (Å²) in [5.41, 5.74) is -1.35. The van der Waals surface area contributed by atoms with Crippen LogP contribution in [0.15, 0.2) is 47.4 Å². The number of nitrogens with zero attached hydrogens (tertiary/aromatic N) is 1. The van der Waals surface area contributed by atoms with Crippen molar-refractivity contribution in [2.24, 2.45) is 0 Å². The molecule has 0 saturated carbocycles. The van der Waals surface area contributed by atoms with Gasteiger partial charge in [0.2, 0.25) is 0 Å². The molecule has 7 heteroatoms. The van der Waals surface area contributed by atoms with Crippen LogP contribution in [-0.2, 0) is 6.18 Å². The lowest BCUT2D eigenvalue weighted by atomic mass is 10.2. The van der Waals surface area contributed by atoms with Gasteiger partial charge in [-0.3, -0.25) is 9.36 Å². The topological polar surface area (TPSA) is 59.3 Å². The van der Waals surface area contributed by atoms with Gasteiger partial charge in [-0.25, -0.2) is 4.79 Å². The second kappa shape index (κ2) is 4.84. The molecule has 1 heterocycles. The Balaban J connectivity index is 2.49. The van der Waals surface area contributed by atoms with E-state index < -0.39 is 23.3 Å². The number of rotatable bonds is 2. The second-order valence-electron chi connectivity index (χ2n) is 3.98. The summed E-state index contributed by atoms with van der Waals surface area (Å²) < 4.78 is 38.3. The fourth-order valence-electron chi connectivity index (χ4n) is 1.63.